The molecule has 1 heterocycles. The summed E-state index contributed by atoms with van der Waals surface area (Å²) in [6.07, 6.45) is 1.58. The molecule has 0 spiro atoms. The summed E-state index contributed by atoms with van der Waals surface area (Å²) in [7, 11) is 0. The smallest absolute Gasteiger partial charge is 0.307 e. The Morgan fingerprint density at radius 1 is 1.35 bits per heavy atom. The molecule has 23 heavy (non-hydrogen) atoms. The van der Waals surface area contributed by atoms with E-state index in [1.54, 1.807) is 4.90 Å². The van der Waals surface area contributed by atoms with Crippen molar-refractivity contribution in [2.75, 3.05) is 6.54 Å². The maximum Gasteiger partial charge on any atom is 0.307 e. The molecule has 2 N–H and O–H groups in total. The summed E-state index contributed by atoms with van der Waals surface area (Å²) in [5, 5.41) is 8.99. The van der Waals surface area contributed by atoms with Crippen LogP contribution in [0.1, 0.15) is 31.2 Å². The predicted octanol–water partition coefficient (Wildman–Crippen LogP) is 1.35. The Kier molecular flexibility index (Phi) is 6.12. The minimum atomic E-state index is -0.592. The van der Waals surface area contributed by atoms with Gasteiger partial charge in [-0.05, 0) is 18.4 Å². The van der Waals surface area contributed by atoms with E-state index in [-0.39, 0.29) is 31.4 Å². The average molecular weight is 315 g/mol. The minimum absolute atomic E-state index is 0.0103. The largest absolute Gasteiger partial charge is 0.461 e. The molecule has 0 saturated carbocycles. The van der Waals surface area contributed by atoms with E-state index in [1.165, 1.54) is 0 Å². The Morgan fingerprint density at radius 3 is 2.78 bits per heavy atom. The summed E-state index contributed by atoms with van der Waals surface area (Å²) in [6, 6.07) is 10.5. The molecule has 0 aromatic heterocycles. The molecule has 0 aliphatic carbocycles. The molecular weight excluding hydrogens is 294 g/mol. The first-order valence-corrected chi connectivity index (χ1v) is 7.74. The fraction of sp³-hybridized carbons (Fsp3) is 0.471. The van der Waals surface area contributed by atoms with Gasteiger partial charge in [0, 0.05) is 19.0 Å². The lowest BCUT2D eigenvalue weighted by molar-refractivity contribution is -0.145. The molecule has 1 aromatic rings. The molecule has 1 amide bonds. The number of rotatable bonds is 6. The Labute approximate surface area is 135 Å². The Balaban J connectivity index is 1.73. The number of carbonyl (C=O) groups excluding carboxylic acids is 2. The van der Waals surface area contributed by atoms with Crippen molar-refractivity contribution in [2.24, 2.45) is 5.73 Å². The van der Waals surface area contributed by atoms with Crippen molar-refractivity contribution in [1.82, 2.24) is 4.90 Å². The van der Waals surface area contributed by atoms with Crippen LogP contribution in [0.3, 0.4) is 0 Å². The topological polar surface area (TPSA) is 96.4 Å². The molecular formula is C17H21N3O3. The number of nitrogens with zero attached hydrogens (tertiary/aromatic N) is 2. The van der Waals surface area contributed by atoms with E-state index in [1.807, 2.05) is 30.3 Å². The number of esters is 1. The Hall–Kier alpha value is -2.39. The third kappa shape index (κ3) is 5.08. The quantitative estimate of drug-likeness (QED) is 0.799. The maximum absolute atomic E-state index is 12.1. The zero-order chi connectivity index (χ0) is 16.7. The third-order valence-electron chi connectivity index (χ3n) is 3.83. The van der Waals surface area contributed by atoms with Crippen LogP contribution in [0.25, 0.3) is 0 Å². The first-order chi connectivity index (χ1) is 11.1. The zero-order valence-electron chi connectivity index (χ0n) is 13.0. The van der Waals surface area contributed by atoms with E-state index in [0.29, 0.717) is 13.0 Å². The summed E-state index contributed by atoms with van der Waals surface area (Å²) in [5.41, 5.74) is 6.77. The average Bonchev–Trinajstić information content (AvgIpc) is 3.02. The normalized spacial score (nSPS) is 18.3. The fourth-order valence-corrected chi connectivity index (χ4v) is 2.62. The van der Waals surface area contributed by atoms with Crippen molar-refractivity contribution in [3.8, 4) is 6.07 Å². The highest BCUT2D eigenvalue weighted by Gasteiger charge is 2.29. The molecule has 6 nitrogen and oxygen atoms in total. The van der Waals surface area contributed by atoms with Gasteiger partial charge in [0.15, 0.2) is 0 Å². The molecule has 2 rings (SSSR count). The van der Waals surface area contributed by atoms with Gasteiger partial charge in [0.1, 0.15) is 12.6 Å². The lowest BCUT2D eigenvalue weighted by Crippen LogP contribution is -2.39. The van der Waals surface area contributed by atoms with E-state index in [4.69, 9.17) is 15.7 Å². The molecule has 6 heteroatoms. The monoisotopic (exact) mass is 315 g/mol. The second-order valence-electron chi connectivity index (χ2n) is 5.69. The Morgan fingerprint density at radius 2 is 2.09 bits per heavy atom. The summed E-state index contributed by atoms with van der Waals surface area (Å²) in [5.74, 6) is -0.593. The van der Waals surface area contributed by atoms with Crippen molar-refractivity contribution in [1.29, 1.82) is 5.26 Å². The number of nitriles is 1. The molecule has 1 aliphatic heterocycles. The molecule has 0 radical (unpaired) electrons. The first-order valence-electron chi connectivity index (χ1n) is 7.74. The van der Waals surface area contributed by atoms with Crippen molar-refractivity contribution >= 4 is 11.9 Å². The molecule has 0 bridgehead atoms. The van der Waals surface area contributed by atoms with Gasteiger partial charge in [-0.1, -0.05) is 30.3 Å². The van der Waals surface area contributed by atoms with Crippen LogP contribution in [0.4, 0.5) is 0 Å². The van der Waals surface area contributed by atoms with Gasteiger partial charge in [0.25, 0.3) is 0 Å². The van der Waals surface area contributed by atoms with Gasteiger partial charge in [-0.25, -0.2) is 0 Å². The first kappa shape index (κ1) is 17.0. The van der Waals surface area contributed by atoms with E-state index in [9.17, 15) is 9.59 Å². The SMILES string of the molecule is N#C[C@@H]1CCCN1C(=O)C[C@@H](N)CC(=O)OCc1ccccc1. The number of likely N-dealkylation sites (tertiary alicyclic amines) is 1. The van der Waals surface area contributed by atoms with Crippen LogP contribution in [-0.2, 0) is 20.9 Å². The number of benzene rings is 1. The van der Waals surface area contributed by atoms with Crippen molar-refractivity contribution in [2.45, 2.75) is 44.4 Å². The molecule has 122 valence electrons. The Bertz CT molecular complexity index is 582. The number of nitrogens with two attached hydrogens (primary N) is 1. The van der Waals surface area contributed by atoms with Gasteiger partial charge in [-0.3, -0.25) is 9.59 Å². The van der Waals surface area contributed by atoms with Gasteiger partial charge in [-0.2, -0.15) is 5.26 Å². The third-order valence-corrected chi connectivity index (χ3v) is 3.83. The highest BCUT2D eigenvalue weighted by Crippen LogP contribution is 2.18. The van der Waals surface area contributed by atoms with Crippen molar-refractivity contribution < 1.29 is 14.3 Å². The van der Waals surface area contributed by atoms with Crippen LogP contribution < -0.4 is 5.73 Å². The number of amides is 1. The number of ether oxygens (including phenoxy) is 1. The van der Waals surface area contributed by atoms with Crippen LogP contribution >= 0.6 is 0 Å². The summed E-state index contributed by atoms with van der Waals surface area (Å²) < 4.78 is 5.15. The number of hydrogen-bond donors (Lipinski definition) is 1. The highest BCUT2D eigenvalue weighted by atomic mass is 16.5. The molecule has 1 fully saturated rings. The summed E-state index contributed by atoms with van der Waals surface area (Å²) in [6.45, 7) is 0.783. The van der Waals surface area contributed by atoms with Crippen LogP contribution in [0.2, 0.25) is 0 Å². The molecule has 2 atom stereocenters. The van der Waals surface area contributed by atoms with Crippen LogP contribution in [0, 0.1) is 11.3 Å². The van der Waals surface area contributed by atoms with Gasteiger partial charge in [0.2, 0.25) is 5.91 Å². The number of hydrogen-bond acceptors (Lipinski definition) is 5. The van der Waals surface area contributed by atoms with Gasteiger partial charge >= 0.3 is 5.97 Å². The summed E-state index contributed by atoms with van der Waals surface area (Å²) in [4.78, 5) is 25.4. The standard InChI is InChI=1S/C17H21N3O3/c18-11-15-7-4-8-20(15)16(21)9-14(19)10-17(22)23-12-13-5-2-1-3-6-13/h1-3,5-6,14-15H,4,7-10,12,19H2/t14-,15+/m1/s1. The van der Waals surface area contributed by atoms with Crippen LogP contribution in [-0.4, -0.2) is 35.4 Å². The lowest BCUT2D eigenvalue weighted by Gasteiger charge is -2.21. The van der Waals surface area contributed by atoms with Crippen molar-refractivity contribution in [3.05, 3.63) is 35.9 Å². The van der Waals surface area contributed by atoms with Crippen LogP contribution in [0.5, 0.6) is 0 Å². The summed E-state index contributed by atoms with van der Waals surface area (Å²) >= 11 is 0. The molecule has 1 aromatic carbocycles. The molecule has 1 aliphatic rings. The van der Waals surface area contributed by atoms with E-state index in [0.717, 1.165) is 12.0 Å². The molecule has 1 saturated heterocycles. The zero-order valence-corrected chi connectivity index (χ0v) is 13.0. The van der Waals surface area contributed by atoms with Gasteiger partial charge < -0.3 is 15.4 Å². The number of carbonyl (C=O) groups is 2. The molecule has 0 unspecified atom stereocenters. The van der Waals surface area contributed by atoms with Crippen molar-refractivity contribution in [3.63, 3.8) is 0 Å². The van der Waals surface area contributed by atoms with Crippen LogP contribution in [0.15, 0.2) is 30.3 Å². The second kappa shape index (κ2) is 8.30. The van der Waals surface area contributed by atoms with E-state index < -0.39 is 12.0 Å². The maximum atomic E-state index is 12.1. The second-order valence-corrected chi connectivity index (χ2v) is 5.69. The fourth-order valence-electron chi connectivity index (χ4n) is 2.62. The van der Waals surface area contributed by atoms with Gasteiger partial charge in [0.05, 0.1) is 12.5 Å². The van der Waals surface area contributed by atoms with E-state index in [2.05, 4.69) is 6.07 Å². The minimum Gasteiger partial charge on any atom is -0.461 e. The highest BCUT2D eigenvalue weighted by molar-refractivity contribution is 5.79. The predicted molar refractivity (Wildman–Crippen MR) is 83.8 cm³/mol. The lowest BCUT2D eigenvalue weighted by atomic mass is 10.1. The van der Waals surface area contributed by atoms with E-state index >= 15 is 0 Å². The van der Waals surface area contributed by atoms with Gasteiger partial charge in [-0.15, -0.1) is 0 Å².